The van der Waals surface area contributed by atoms with Crippen LogP contribution >= 0.6 is 0 Å². The smallest absolute Gasteiger partial charge is 0.255 e. The second kappa shape index (κ2) is 14.6. The molecule has 0 saturated carbocycles. The van der Waals surface area contributed by atoms with Crippen LogP contribution in [-0.2, 0) is 10.8 Å². The summed E-state index contributed by atoms with van der Waals surface area (Å²) in [6.45, 7) is 14.9. The van der Waals surface area contributed by atoms with Crippen molar-refractivity contribution in [3.63, 3.8) is 0 Å². The van der Waals surface area contributed by atoms with E-state index in [2.05, 4.69) is 65.1 Å². The van der Waals surface area contributed by atoms with Gasteiger partial charge in [-0.3, -0.25) is 4.79 Å². The number of nitrogen functional groups attached to an aromatic ring is 1. The average Bonchev–Trinajstić information content (AvgIpc) is 3.04. The molecule has 0 aliphatic carbocycles. The molecule has 0 radical (unpaired) electrons. The molecule has 4 N–H and O–H groups in total. The Hall–Kier alpha value is -4.39. The fraction of sp³-hybridized carbons (Fsp3) is 0.395. The minimum atomic E-state index is -0.375. The van der Waals surface area contributed by atoms with Crippen molar-refractivity contribution in [1.82, 2.24) is 5.32 Å². The first kappa shape index (κ1) is 33.5. The number of nitrogens with one attached hydrogen (secondary N) is 1. The van der Waals surface area contributed by atoms with E-state index in [-0.39, 0.29) is 34.7 Å². The number of hydrogen-bond acceptors (Lipinski definition) is 6. The third kappa shape index (κ3) is 8.21. The zero-order valence-electron chi connectivity index (χ0n) is 27.5. The van der Waals surface area contributed by atoms with E-state index in [0.717, 1.165) is 18.6 Å². The van der Waals surface area contributed by atoms with Gasteiger partial charge in [0.05, 0.1) is 12.2 Å². The molecule has 0 spiro atoms. The second-order valence-corrected chi connectivity index (χ2v) is 12.7. The van der Waals surface area contributed by atoms with Gasteiger partial charge in [0.1, 0.15) is 36.2 Å². The van der Waals surface area contributed by atoms with Crippen LogP contribution < -0.4 is 25.3 Å². The van der Waals surface area contributed by atoms with Crippen LogP contribution in [0.2, 0.25) is 0 Å². The molecule has 7 heteroatoms. The molecule has 1 amide bonds. The normalized spacial score (nSPS) is 11.8. The summed E-state index contributed by atoms with van der Waals surface area (Å²) < 4.78 is 18.0. The maximum atomic E-state index is 13.2. The molecule has 0 aliphatic rings. The third-order valence-electron chi connectivity index (χ3n) is 8.83. The van der Waals surface area contributed by atoms with Crippen LogP contribution in [0.25, 0.3) is 10.8 Å². The van der Waals surface area contributed by atoms with Gasteiger partial charge in [0, 0.05) is 28.6 Å². The lowest BCUT2D eigenvalue weighted by atomic mass is 9.76. The maximum Gasteiger partial charge on any atom is 0.255 e. The van der Waals surface area contributed by atoms with Gasteiger partial charge in [-0.1, -0.05) is 77.9 Å². The quantitative estimate of drug-likeness (QED) is 0.0925. The van der Waals surface area contributed by atoms with E-state index in [0.29, 0.717) is 54.1 Å². The van der Waals surface area contributed by atoms with Crippen LogP contribution in [0.1, 0.15) is 82.3 Å². The van der Waals surface area contributed by atoms with Crippen molar-refractivity contribution >= 4 is 22.4 Å². The van der Waals surface area contributed by atoms with E-state index in [4.69, 9.17) is 19.9 Å². The van der Waals surface area contributed by atoms with Gasteiger partial charge < -0.3 is 30.4 Å². The number of nitrogens with two attached hydrogens (primary N) is 1. The number of carbonyl (C=O) groups is 1. The van der Waals surface area contributed by atoms with E-state index in [1.165, 1.54) is 11.1 Å². The zero-order valence-corrected chi connectivity index (χ0v) is 27.5. The summed E-state index contributed by atoms with van der Waals surface area (Å²) in [5, 5.41) is 15.2. The van der Waals surface area contributed by atoms with Gasteiger partial charge in [0.15, 0.2) is 0 Å². The summed E-state index contributed by atoms with van der Waals surface area (Å²) >= 11 is 0. The molecule has 0 unspecified atom stereocenters. The Morgan fingerprint density at radius 2 is 1.42 bits per heavy atom. The lowest BCUT2D eigenvalue weighted by Gasteiger charge is -2.30. The number of phenols is 1. The van der Waals surface area contributed by atoms with Crippen molar-refractivity contribution in [3.8, 4) is 23.0 Å². The fourth-order valence-electron chi connectivity index (χ4n) is 5.05. The minimum absolute atomic E-state index is 0.0288. The van der Waals surface area contributed by atoms with Gasteiger partial charge >= 0.3 is 0 Å². The molecule has 4 aromatic carbocycles. The molecular weight excluding hydrogens is 564 g/mol. The number of hydrogen-bond donors (Lipinski definition) is 3. The Morgan fingerprint density at radius 3 is 2.11 bits per heavy atom. The lowest BCUT2D eigenvalue weighted by molar-refractivity contribution is 0.0948. The molecule has 0 bridgehead atoms. The molecule has 240 valence electrons. The summed E-state index contributed by atoms with van der Waals surface area (Å²) in [6.07, 6.45) is 2.66. The van der Waals surface area contributed by atoms with Crippen molar-refractivity contribution in [2.45, 2.75) is 71.6 Å². The monoisotopic (exact) mass is 612 g/mol. The molecule has 0 aliphatic heterocycles. The van der Waals surface area contributed by atoms with Gasteiger partial charge in [-0.05, 0) is 72.1 Å². The topological polar surface area (TPSA) is 103 Å². The summed E-state index contributed by atoms with van der Waals surface area (Å²) in [5.41, 5.74) is 9.14. The zero-order chi connectivity index (χ0) is 32.6. The van der Waals surface area contributed by atoms with Crippen molar-refractivity contribution in [2.75, 3.05) is 32.1 Å². The highest BCUT2D eigenvalue weighted by Gasteiger charge is 2.26. The van der Waals surface area contributed by atoms with Crippen LogP contribution in [0, 0.1) is 0 Å². The van der Waals surface area contributed by atoms with Crippen LogP contribution in [0.3, 0.4) is 0 Å². The molecule has 4 rings (SSSR count). The third-order valence-corrected chi connectivity index (χ3v) is 8.83. The molecular formula is C38H48N2O5. The Kier molecular flexibility index (Phi) is 10.9. The number of fused-ring (bicyclic) bond motifs is 1. The molecule has 45 heavy (non-hydrogen) atoms. The predicted octanol–water partition coefficient (Wildman–Crippen LogP) is 8.16. The van der Waals surface area contributed by atoms with Crippen molar-refractivity contribution in [2.24, 2.45) is 0 Å². The van der Waals surface area contributed by atoms with E-state index in [1.54, 1.807) is 36.4 Å². The summed E-state index contributed by atoms with van der Waals surface area (Å²) in [4.78, 5) is 13.2. The number of anilines is 1. The second-order valence-electron chi connectivity index (χ2n) is 12.7. The minimum Gasteiger partial charge on any atom is -0.506 e. The highest BCUT2D eigenvalue weighted by molar-refractivity contribution is 6.05. The first-order chi connectivity index (χ1) is 21.5. The Balaban J connectivity index is 1.38. The van der Waals surface area contributed by atoms with Crippen LogP contribution in [0.4, 0.5) is 5.69 Å². The Morgan fingerprint density at radius 1 is 0.778 bits per heavy atom. The largest absolute Gasteiger partial charge is 0.506 e. The molecule has 0 fully saturated rings. The number of carbonyl (C=O) groups excluding carboxylic acids is 1. The van der Waals surface area contributed by atoms with Crippen molar-refractivity contribution in [1.29, 1.82) is 0 Å². The number of aromatic hydroxyl groups is 1. The van der Waals surface area contributed by atoms with Gasteiger partial charge in [-0.15, -0.1) is 0 Å². The summed E-state index contributed by atoms with van der Waals surface area (Å²) in [6, 6.07) is 22.6. The number of benzene rings is 4. The highest BCUT2D eigenvalue weighted by atomic mass is 16.5. The van der Waals surface area contributed by atoms with Gasteiger partial charge in [0.25, 0.3) is 5.91 Å². The molecule has 0 saturated heterocycles. The van der Waals surface area contributed by atoms with Crippen LogP contribution in [0.5, 0.6) is 23.0 Å². The van der Waals surface area contributed by atoms with Crippen LogP contribution in [-0.4, -0.2) is 37.4 Å². The molecule has 4 aromatic rings. The predicted molar refractivity (Wildman–Crippen MR) is 183 cm³/mol. The highest BCUT2D eigenvalue weighted by Crippen LogP contribution is 2.39. The average molecular weight is 613 g/mol. The lowest BCUT2D eigenvalue weighted by Crippen LogP contribution is -2.26. The number of ether oxygens (including phenoxy) is 3. The Bertz CT molecular complexity index is 1590. The first-order valence-electron chi connectivity index (χ1n) is 15.9. The fourth-order valence-corrected chi connectivity index (χ4v) is 5.05. The van der Waals surface area contributed by atoms with E-state index in [9.17, 15) is 9.90 Å². The van der Waals surface area contributed by atoms with Gasteiger partial charge in [-0.2, -0.15) is 0 Å². The SMILES string of the molecule is CCC(C)(C)c1ccc(OCCCNC(=O)c2cc(OCCOc3ccc(N)cc3)c3ccccc3c2O)c(C(C)(C)CC)c1. The summed E-state index contributed by atoms with van der Waals surface area (Å²) in [5.74, 6) is 1.62. The van der Waals surface area contributed by atoms with Crippen molar-refractivity contribution < 1.29 is 24.1 Å². The van der Waals surface area contributed by atoms with E-state index < -0.39 is 0 Å². The molecule has 0 aromatic heterocycles. The molecule has 0 heterocycles. The Labute approximate surface area is 267 Å². The van der Waals surface area contributed by atoms with Crippen LogP contribution in [0.15, 0.2) is 72.8 Å². The molecule has 7 nitrogen and oxygen atoms in total. The number of amides is 1. The standard InChI is InChI=1S/C38H48N2O5/c1-7-37(3,4)26-14-19-33(32(24-26)38(5,6)8-2)44-21-11-20-40-36(42)31-25-34(29-12-9-10-13-30(29)35(31)41)45-23-22-43-28-17-15-27(39)16-18-28/h9-10,12-19,24-25,41H,7-8,11,20-23,39H2,1-6H3,(H,40,42). The number of rotatable bonds is 15. The first-order valence-corrected chi connectivity index (χ1v) is 15.9. The molecule has 0 atom stereocenters. The van der Waals surface area contributed by atoms with Crippen molar-refractivity contribution in [3.05, 3.63) is 89.5 Å². The number of phenolic OH excluding ortho intramolecular Hbond substituents is 1. The van der Waals surface area contributed by atoms with Gasteiger partial charge in [0.2, 0.25) is 0 Å². The van der Waals surface area contributed by atoms with E-state index in [1.807, 2.05) is 18.2 Å². The summed E-state index contributed by atoms with van der Waals surface area (Å²) in [7, 11) is 0. The maximum absolute atomic E-state index is 13.2. The van der Waals surface area contributed by atoms with E-state index >= 15 is 0 Å². The van der Waals surface area contributed by atoms with Gasteiger partial charge in [-0.25, -0.2) is 0 Å².